The topological polar surface area (TPSA) is 84.5 Å². The highest BCUT2D eigenvalue weighted by Crippen LogP contribution is 2.33. The molecule has 1 aliphatic rings. The molecule has 8 heteroatoms. The van der Waals surface area contributed by atoms with Gasteiger partial charge >= 0.3 is 0 Å². The van der Waals surface area contributed by atoms with Gasteiger partial charge in [0.25, 0.3) is 5.56 Å². The highest BCUT2D eigenvalue weighted by atomic mass is 79.9. The third kappa shape index (κ3) is 3.24. The Morgan fingerprint density at radius 1 is 1.11 bits per heavy atom. The number of aromatic amines is 1. The van der Waals surface area contributed by atoms with Crippen molar-refractivity contribution in [3.63, 3.8) is 0 Å². The number of halogens is 1. The smallest absolute Gasteiger partial charge is 0.258 e. The fraction of sp³-hybridized carbons (Fsp3) is 0.250. The normalized spacial score (nSPS) is 16.6. The van der Waals surface area contributed by atoms with E-state index in [4.69, 9.17) is 9.47 Å². The Hall–Kier alpha value is -2.87. The predicted molar refractivity (Wildman–Crippen MR) is 109 cm³/mol. The minimum Gasteiger partial charge on any atom is -0.493 e. The molecule has 7 nitrogen and oxygen atoms in total. The number of H-pyrrole nitrogens is 1. The van der Waals surface area contributed by atoms with Gasteiger partial charge in [0.15, 0.2) is 11.5 Å². The van der Waals surface area contributed by atoms with Crippen molar-refractivity contribution in [2.45, 2.75) is 12.3 Å². The molecule has 1 fully saturated rings. The number of nitrogens with zero attached hydrogens (tertiary/aromatic N) is 2. The largest absolute Gasteiger partial charge is 0.493 e. The molecule has 1 saturated heterocycles. The Kier molecular flexibility index (Phi) is 4.80. The van der Waals surface area contributed by atoms with E-state index in [0.717, 1.165) is 10.2 Å². The van der Waals surface area contributed by atoms with Gasteiger partial charge in [-0.3, -0.25) is 9.59 Å². The number of fused-ring (bicyclic) bond motifs is 1. The van der Waals surface area contributed by atoms with Gasteiger partial charge in [0.2, 0.25) is 5.91 Å². The van der Waals surface area contributed by atoms with E-state index in [9.17, 15) is 9.59 Å². The van der Waals surface area contributed by atoms with Gasteiger partial charge in [0.1, 0.15) is 5.82 Å². The van der Waals surface area contributed by atoms with Gasteiger partial charge in [0.05, 0.1) is 25.1 Å². The molecule has 1 N–H and O–H groups in total. The maximum absolute atomic E-state index is 12.6. The van der Waals surface area contributed by atoms with Gasteiger partial charge in [-0.05, 0) is 30.3 Å². The molecule has 0 spiro atoms. The first-order valence-corrected chi connectivity index (χ1v) is 9.51. The van der Waals surface area contributed by atoms with Crippen LogP contribution >= 0.6 is 15.9 Å². The third-order valence-corrected chi connectivity index (χ3v) is 5.41. The lowest BCUT2D eigenvalue weighted by Gasteiger charge is -2.17. The number of nitrogens with one attached hydrogen (secondary N) is 1. The number of methoxy groups -OCH3 is 2. The second kappa shape index (κ2) is 7.27. The molecular weight excluding hydrogens is 426 g/mol. The lowest BCUT2D eigenvalue weighted by molar-refractivity contribution is -0.117. The number of anilines is 1. The highest BCUT2D eigenvalue weighted by molar-refractivity contribution is 9.10. The lowest BCUT2D eigenvalue weighted by Crippen LogP contribution is -2.24. The molecule has 1 unspecified atom stereocenters. The van der Waals surface area contributed by atoms with Gasteiger partial charge in [-0.25, -0.2) is 4.98 Å². The van der Waals surface area contributed by atoms with Gasteiger partial charge in [0, 0.05) is 35.1 Å². The van der Waals surface area contributed by atoms with Crippen LogP contribution in [-0.2, 0) is 4.79 Å². The fourth-order valence-electron chi connectivity index (χ4n) is 3.44. The number of hydrogen-bond donors (Lipinski definition) is 1. The molecule has 2 heterocycles. The van der Waals surface area contributed by atoms with Crippen LogP contribution in [0.15, 0.2) is 45.7 Å². The van der Waals surface area contributed by atoms with E-state index in [1.165, 1.54) is 14.2 Å². The zero-order chi connectivity index (χ0) is 19.8. The summed E-state index contributed by atoms with van der Waals surface area (Å²) in [6.07, 6.45) is 0.289. The van der Waals surface area contributed by atoms with Crippen molar-refractivity contribution in [3.05, 3.63) is 57.0 Å². The first-order chi connectivity index (χ1) is 13.5. The van der Waals surface area contributed by atoms with Crippen LogP contribution in [0.5, 0.6) is 11.5 Å². The Labute approximate surface area is 169 Å². The zero-order valence-corrected chi connectivity index (χ0v) is 16.9. The van der Waals surface area contributed by atoms with E-state index in [1.54, 1.807) is 17.0 Å². The summed E-state index contributed by atoms with van der Waals surface area (Å²) in [7, 11) is 3.05. The monoisotopic (exact) mass is 443 g/mol. The predicted octanol–water partition coefficient (Wildman–Crippen LogP) is 3.22. The third-order valence-electron chi connectivity index (χ3n) is 4.88. The molecule has 0 bridgehead atoms. The summed E-state index contributed by atoms with van der Waals surface area (Å²) >= 11 is 3.40. The average Bonchev–Trinajstić information content (AvgIpc) is 3.09. The minimum absolute atomic E-state index is 0.00220. The molecule has 144 valence electrons. The van der Waals surface area contributed by atoms with Crippen LogP contribution in [0.2, 0.25) is 0 Å². The first-order valence-electron chi connectivity index (χ1n) is 8.72. The molecule has 0 saturated carbocycles. The van der Waals surface area contributed by atoms with Crippen molar-refractivity contribution in [3.8, 4) is 11.5 Å². The second-order valence-corrected chi connectivity index (χ2v) is 7.47. The van der Waals surface area contributed by atoms with Crippen molar-refractivity contribution in [1.29, 1.82) is 0 Å². The van der Waals surface area contributed by atoms with Crippen molar-refractivity contribution < 1.29 is 14.3 Å². The molecule has 28 heavy (non-hydrogen) atoms. The molecule has 0 radical (unpaired) electrons. The molecule has 2 aromatic carbocycles. The number of benzene rings is 2. The number of amides is 1. The Balaban J connectivity index is 1.70. The first kappa shape index (κ1) is 18.5. The summed E-state index contributed by atoms with van der Waals surface area (Å²) < 4.78 is 11.5. The summed E-state index contributed by atoms with van der Waals surface area (Å²) in [5.74, 6) is 1.27. The molecule has 1 amide bonds. The standard InChI is InChI=1S/C20H18BrN3O4/c1-27-16-8-14-15(9-17(16)28-2)22-19(23-20(14)26)11-7-18(25)24(10-11)13-5-3-12(21)4-6-13/h3-6,8-9,11H,7,10H2,1-2H3,(H,22,23,26). The van der Waals surface area contributed by atoms with E-state index in [0.29, 0.717) is 34.8 Å². The van der Waals surface area contributed by atoms with Gasteiger partial charge < -0.3 is 19.4 Å². The minimum atomic E-state index is -0.268. The number of carbonyl (C=O) groups excluding carboxylic acids is 1. The van der Waals surface area contributed by atoms with Gasteiger partial charge in [-0.15, -0.1) is 0 Å². The molecule has 1 aromatic heterocycles. The van der Waals surface area contributed by atoms with Gasteiger partial charge in [-0.2, -0.15) is 0 Å². The molecule has 4 rings (SSSR count). The van der Waals surface area contributed by atoms with E-state index in [2.05, 4.69) is 25.9 Å². The van der Waals surface area contributed by atoms with Crippen molar-refractivity contribution in [2.75, 3.05) is 25.7 Å². The summed E-state index contributed by atoms with van der Waals surface area (Å²) in [6, 6.07) is 10.8. The molecular formula is C20H18BrN3O4. The fourth-order valence-corrected chi connectivity index (χ4v) is 3.70. The van der Waals surface area contributed by atoms with E-state index >= 15 is 0 Å². The quantitative estimate of drug-likeness (QED) is 0.668. The van der Waals surface area contributed by atoms with Crippen LogP contribution < -0.4 is 19.9 Å². The number of aromatic nitrogens is 2. The van der Waals surface area contributed by atoms with Gasteiger partial charge in [-0.1, -0.05) is 15.9 Å². The molecule has 1 aliphatic heterocycles. The summed E-state index contributed by atoms with van der Waals surface area (Å²) in [4.78, 5) is 34.3. The van der Waals surface area contributed by atoms with Crippen LogP contribution in [0.25, 0.3) is 10.9 Å². The Morgan fingerprint density at radius 3 is 2.46 bits per heavy atom. The maximum Gasteiger partial charge on any atom is 0.258 e. The number of ether oxygens (including phenoxy) is 2. The van der Waals surface area contributed by atoms with Crippen molar-refractivity contribution in [1.82, 2.24) is 9.97 Å². The SMILES string of the molecule is COc1cc2nc(C3CC(=O)N(c4ccc(Br)cc4)C3)[nH]c(=O)c2cc1OC. The Bertz CT molecular complexity index is 1110. The molecule has 0 aliphatic carbocycles. The lowest BCUT2D eigenvalue weighted by atomic mass is 10.1. The van der Waals surface area contributed by atoms with Crippen LogP contribution in [-0.4, -0.2) is 36.6 Å². The average molecular weight is 444 g/mol. The number of carbonyl (C=O) groups is 1. The van der Waals surface area contributed by atoms with E-state index in [-0.39, 0.29) is 23.8 Å². The van der Waals surface area contributed by atoms with Crippen LogP contribution in [0.4, 0.5) is 5.69 Å². The summed E-state index contributed by atoms with van der Waals surface area (Å²) in [5, 5.41) is 0.412. The summed E-state index contributed by atoms with van der Waals surface area (Å²) in [5.41, 5.74) is 1.06. The van der Waals surface area contributed by atoms with Crippen molar-refractivity contribution >= 4 is 38.4 Å². The number of hydrogen-bond acceptors (Lipinski definition) is 5. The van der Waals surface area contributed by atoms with Crippen LogP contribution in [0.1, 0.15) is 18.2 Å². The second-order valence-electron chi connectivity index (χ2n) is 6.56. The molecule has 1 atom stereocenters. The highest BCUT2D eigenvalue weighted by Gasteiger charge is 2.33. The summed E-state index contributed by atoms with van der Waals surface area (Å²) in [6.45, 7) is 0.461. The maximum atomic E-state index is 12.6. The van der Waals surface area contributed by atoms with Crippen molar-refractivity contribution in [2.24, 2.45) is 0 Å². The van der Waals surface area contributed by atoms with E-state index < -0.39 is 0 Å². The van der Waals surface area contributed by atoms with Crippen LogP contribution in [0.3, 0.4) is 0 Å². The number of rotatable bonds is 4. The Morgan fingerprint density at radius 2 is 1.79 bits per heavy atom. The molecule has 3 aromatic rings. The zero-order valence-electron chi connectivity index (χ0n) is 15.4. The van der Waals surface area contributed by atoms with E-state index in [1.807, 2.05) is 24.3 Å². The van der Waals surface area contributed by atoms with Crippen LogP contribution in [0, 0.1) is 0 Å².